The molecule has 0 bridgehead atoms. The molecule has 0 aliphatic carbocycles. The Balaban J connectivity index is 1.39. The first kappa shape index (κ1) is 22.0. The monoisotopic (exact) mass is 428 g/mol. The number of imidazole rings is 2. The van der Waals surface area contributed by atoms with Crippen molar-refractivity contribution in [3.05, 3.63) is 34.4 Å². The number of nitrogens with zero attached hydrogens (tertiary/aromatic N) is 6. The normalized spacial score (nSPS) is 18.3. The van der Waals surface area contributed by atoms with E-state index in [0.29, 0.717) is 18.5 Å². The van der Waals surface area contributed by atoms with Gasteiger partial charge in [-0.1, -0.05) is 13.8 Å². The Morgan fingerprint density at radius 2 is 1.77 bits per heavy atom. The third kappa shape index (κ3) is 4.41. The van der Waals surface area contributed by atoms with E-state index in [9.17, 15) is 4.79 Å². The van der Waals surface area contributed by atoms with Gasteiger partial charge in [-0.25, -0.2) is 9.97 Å². The van der Waals surface area contributed by atoms with Crippen molar-refractivity contribution in [1.82, 2.24) is 28.9 Å². The van der Waals surface area contributed by atoms with Gasteiger partial charge in [-0.3, -0.25) is 14.6 Å². The SMILES string of the molecule is Cc1nc2c(n1CCC(C)N1CCc3c(nc(C(C)C)n3C)C1)CCN(CC(=O)O)C2. The summed E-state index contributed by atoms with van der Waals surface area (Å²) < 4.78 is 4.66. The summed E-state index contributed by atoms with van der Waals surface area (Å²) in [5, 5.41) is 9.07. The van der Waals surface area contributed by atoms with Crippen LogP contribution in [0, 0.1) is 6.92 Å². The van der Waals surface area contributed by atoms with Crippen molar-refractivity contribution in [2.45, 2.75) is 78.6 Å². The number of aryl methyl sites for hydroxylation is 1. The summed E-state index contributed by atoms with van der Waals surface area (Å²) in [7, 11) is 2.16. The number of hydrogen-bond donors (Lipinski definition) is 1. The average molecular weight is 429 g/mol. The van der Waals surface area contributed by atoms with Gasteiger partial charge < -0.3 is 14.2 Å². The fourth-order valence-electron chi connectivity index (χ4n) is 5.22. The molecule has 0 spiro atoms. The van der Waals surface area contributed by atoms with Crippen LogP contribution in [0.1, 0.15) is 67.5 Å². The fourth-order valence-corrected chi connectivity index (χ4v) is 5.22. The summed E-state index contributed by atoms with van der Waals surface area (Å²) >= 11 is 0. The molecule has 2 aliphatic heterocycles. The average Bonchev–Trinajstić information content (AvgIpc) is 3.21. The van der Waals surface area contributed by atoms with Gasteiger partial charge in [0.1, 0.15) is 11.6 Å². The second kappa shape index (κ2) is 8.74. The summed E-state index contributed by atoms with van der Waals surface area (Å²) in [4.78, 5) is 25.3. The quantitative estimate of drug-likeness (QED) is 0.729. The van der Waals surface area contributed by atoms with Gasteiger partial charge in [0.2, 0.25) is 0 Å². The van der Waals surface area contributed by atoms with Crippen LogP contribution in [0.15, 0.2) is 0 Å². The minimum atomic E-state index is -0.772. The predicted molar refractivity (Wildman–Crippen MR) is 119 cm³/mol. The molecule has 0 amide bonds. The van der Waals surface area contributed by atoms with Gasteiger partial charge in [0, 0.05) is 76.0 Å². The van der Waals surface area contributed by atoms with E-state index in [1.54, 1.807) is 0 Å². The van der Waals surface area contributed by atoms with Crippen LogP contribution in [-0.2, 0) is 44.3 Å². The lowest BCUT2D eigenvalue weighted by Gasteiger charge is -2.32. The lowest BCUT2D eigenvalue weighted by Crippen LogP contribution is -2.39. The third-order valence-corrected chi connectivity index (χ3v) is 6.97. The predicted octanol–water partition coefficient (Wildman–Crippen LogP) is 2.33. The summed E-state index contributed by atoms with van der Waals surface area (Å²) in [5.41, 5.74) is 4.99. The molecule has 4 heterocycles. The van der Waals surface area contributed by atoms with Crippen molar-refractivity contribution in [3.63, 3.8) is 0 Å². The Labute approximate surface area is 184 Å². The van der Waals surface area contributed by atoms with E-state index >= 15 is 0 Å². The first-order valence-electron chi connectivity index (χ1n) is 11.5. The minimum absolute atomic E-state index is 0.0887. The van der Waals surface area contributed by atoms with Gasteiger partial charge in [0.15, 0.2) is 0 Å². The number of aliphatic carboxylic acids is 1. The van der Waals surface area contributed by atoms with Crippen molar-refractivity contribution in [2.75, 3.05) is 19.6 Å². The Hall–Kier alpha value is -2.19. The summed E-state index contributed by atoms with van der Waals surface area (Å²) in [6, 6.07) is 0.474. The van der Waals surface area contributed by atoms with Gasteiger partial charge >= 0.3 is 5.97 Å². The van der Waals surface area contributed by atoms with Crippen LogP contribution in [0.5, 0.6) is 0 Å². The molecule has 2 aromatic heterocycles. The van der Waals surface area contributed by atoms with Crippen molar-refractivity contribution in [2.24, 2.45) is 7.05 Å². The number of carboxylic acid groups (broad SMARTS) is 1. The number of rotatable bonds is 7. The Morgan fingerprint density at radius 1 is 1.06 bits per heavy atom. The number of hydrogen-bond acceptors (Lipinski definition) is 5. The summed E-state index contributed by atoms with van der Waals surface area (Å²) in [6.07, 6.45) is 3.01. The molecule has 31 heavy (non-hydrogen) atoms. The molecule has 0 radical (unpaired) electrons. The molecule has 4 rings (SSSR count). The topological polar surface area (TPSA) is 79.4 Å². The smallest absolute Gasteiger partial charge is 0.317 e. The molecular formula is C23H36N6O2. The number of aromatic nitrogens is 4. The molecule has 0 saturated heterocycles. The molecule has 1 unspecified atom stereocenters. The second-order valence-corrected chi connectivity index (χ2v) is 9.49. The molecule has 1 atom stereocenters. The van der Waals surface area contributed by atoms with E-state index in [4.69, 9.17) is 15.1 Å². The van der Waals surface area contributed by atoms with Gasteiger partial charge in [-0.15, -0.1) is 0 Å². The van der Waals surface area contributed by atoms with Crippen LogP contribution in [-0.4, -0.2) is 65.7 Å². The van der Waals surface area contributed by atoms with Crippen LogP contribution in [0.2, 0.25) is 0 Å². The highest BCUT2D eigenvalue weighted by atomic mass is 16.4. The summed E-state index contributed by atoms with van der Waals surface area (Å²) in [6.45, 7) is 13.3. The standard InChI is InChI=1S/C23H36N6O2/c1-15(2)23-25-19-13-28(10-8-20(19)26(23)5)16(3)6-11-29-17(4)24-18-12-27(14-22(30)31)9-7-21(18)29/h15-16H,6-14H2,1-5H3,(H,30,31). The highest BCUT2D eigenvalue weighted by Crippen LogP contribution is 2.26. The molecular weight excluding hydrogens is 392 g/mol. The van der Waals surface area contributed by atoms with Crippen LogP contribution in [0.3, 0.4) is 0 Å². The summed E-state index contributed by atoms with van der Waals surface area (Å²) in [5.74, 6) is 1.91. The third-order valence-electron chi connectivity index (χ3n) is 6.97. The highest BCUT2D eigenvalue weighted by Gasteiger charge is 2.27. The molecule has 8 heteroatoms. The zero-order valence-electron chi connectivity index (χ0n) is 19.6. The maximum absolute atomic E-state index is 11.0. The first-order valence-corrected chi connectivity index (χ1v) is 11.5. The molecule has 2 aromatic rings. The number of carbonyl (C=O) groups is 1. The fraction of sp³-hybridized carbons (Fsp3) is 0.696. The van der Waals surface area contributed by atoms with E-state index in [1.807, 2.05) is 4.90 Å². The molecule has 8 nitrogen and oxygen atoms in total. The van der Waals surface area contributed by atoms with E-state index in [2.05, 4.69) is 48.8 Å². The van der Waals surface area contributed by atoms with Gasteiger partial charge in [0.05, 0.1) is 17.9 Å². The first-order chi connectivity index (χ1) is 14.7. The number of carboxylic acids is 1. The van der Waals surface area contributed by atoms with Gasteiger partial charge in [-0.05, 0) is 20.3 Å². The molecule has 2 aliphatic rings. The molecule has 170 valence electrons. The number of fused-ring (bicyclic) bond motifs is 2. The van der Waals surface area contributed by atoms with Gasteiger partial charge in [0.25, 0.3) is 0 Å². The molecule has 0 saturated carbocycles. The van der Waals surface area contributed by atoms with E-state index < -0.39 is 5.97 Å². The zero-order chi connectivity index (χ0) is 22.3. The maximum Gasteiger partial charge on any atom is 0.317 e. The van der Waals surface area contributed by atoms with Crippen molar-refractivity contribution < 1.29 is 9.90 Å². The molecule has 0 aromatic carbocycles. The lowest BCUT2D eigenvalue weighted by molar-refractivity contribution is -0.138. The van der Waals surface area contributed by atoms with Crippen LogP contribution < -0.4 is 0 Å². The van der Waals surface area contributed by atoms with Crippen LogP contribution in [0.25, 0.3) is 0 Å². The van der Waals surface area contributed by atoms with E-state index in [1.165, 1.54) is 22.9 Å². The zero-order valence-corrected chi connectivity index (χ0v) is 19.6. The molecule has 1 N–H and O–H groups in total. The Kier molecular flexibility index (Phi) is 6.21. The largest absolute Gasteiger partial charge is 0.480 e. The second-order valence-electron chi connectivity index (χ2n) is 9.49. The van der Waals surface area contributed by atoms with Crippen LogP contribution >= 0.6 is 0 Å². The molecule has 0 fully saturated rings. The maximum atomic E-state index is 11.0. The van der Waals surface area contributed by atoms with E-state index in [0.717, 1.165) is 57.0 Å². The minimum Gasteiger partial charge on any atom is -0.480 e. The van der Waals surface area contributed by atoms with Crippen molar-refractivity contribution >= 4 is 5.97 Å². The van der Waals surface area contributed by atoms with Crippen molar-refractivity contribution in [1.29, 1.82) is 0 Å². The van der Waals surface area contributed by atoms with Gasteiger partial charge in [-0.2, -0.15) is 0 Å². The highest BCUT2D eigenvalue weighted by molar-refractivity contribution is 5.69. The lowest BCUT2D eigenvalue weighted by atomic mass is 10.1. The van der Waals surface area contributed by atoms with Crippen molar-refractivity contribution in [3.8, 4) is 0 Å². The Morgan fingerprint density at radius 3 is 2.48 bits per heavy atom. The van der Waals surface area contributed by atoms with E-state index in [-0.39, 0.29) is 6.54 Å². The Bertz CT molecular complexity index is 960. The van der Waals surface area contributed by atoms with Crippen LogP contribution in [0.4, 0.5) is 0 Å².